The number of ether oxygens (including phenoxy) is 1. The summed E-state index contributed by atoms with van der Waals surface area (Å²) in [5, 5.41) is 3.39. The maximum Gasteiger partial charge on any atom is 0.341 e. The zero-order valence-corrected chi connectivity index (χ0v) is 22.7. The fourth-order valence-electron chi connectivity index (χ4n) is 4.86. The third kappa shape index (κ3) is 5.82. The number of hydrogen-bond donors (Lipinski definition) is 1. The van der Waals surface area contributed by atoms with E-state index in [0.717, 1.165) is 68.6 Å². The summed E-state index contributed by atoms with van der Waals surface area (Å²) in [6.07, 6.45) is 5.61. The Morgan fingerprint density at radius 3 is 2.36 bits per heavy atom. The van der Waals surface area contributed by atoms with Crippen LogP contribution in [0.15, 0.2) is 29.2 Å². The predicted octanol–water partition coefficient (Wildman–Crippen LogP) is 4.51. The number of amides is 1. The fraction of sp³-hybridized carbons (Fsp3) is 0.538. The zero-order valence-electron chi connectivity index (χ0n) is 21.0. The quantitative estimate of drug-likeness (QED) is 0.502. The summed E-state index contributed by atoms with van der Waals surface area (Å²) < 4.78 is 32.9. The lowest BCUT2D eigenvalue weighted by Crippen LogP contribution is -2.31. The third-order valence-corrected chi connectivity index (χ3v) is 9.75. The molecule has 10 heteroatoms. The minimum atomic E-state index is -3.59. The zero-order chi connectivity index (χ0) is 25.7. The van der Waals surface area contributed by atoms with E-state index in [1.165, 1.54) is 35.6 Å². The van der Waals surface area contributed by atoms with E-state index in [4.69, 9.17) is 4.74 Å². The van der Waals surface area contributed by atoms with Crippen LogP contribution in [0, 0.1) is 0 Å². The Kier molecular flexibility index (Phi) is 8.82. The second-order valence-corrected chi connectivity index (χ2v) is 12.3. The van der Waals surface area contributed by atoms with Crippen molar-refractivity contribution in [1.29, 1.82) is 0 Å². The molecule has 1 amide bonds. The molecule has 0 spiro atoms. The smallest absolute Gasteiger partial charge is 0.341 e. The minimum absolute atomic E-state index is 0.191. The van der Waals surface area contributed by atoms with Gasteiger partial charge in [-0.3, -0.25) is 9.69 Å². The Morgan fingerprint density at radius 2 is 1.72 bits per heavy atom. The van der Waals surface area contributed by atoms with Gasteiger partial charge in [-0.15, -0.1) is 11.3 Å². The molecule has 1 saturated heterocycles. The van der Waals surface area contributed by atoms with Gasteiger partial charge in [-0.1, -0.05) is 19.8 Å². The Hall–Kier alpha value is -2.27. The summed E-state index contributed by atoms with van der Waals surface area (Å²) in [4.78, 5) is 29.5. The highest BCUT2D eigenvalue weighted by Crippen LogP contribution is 2.38. The second-order valence-electron chi connectivity index (χ2n) is 9.25. The molecule has 36 heavy (non-hydrogen) atoms. The normalized spacial score (nSPS) is 17.3. The molecule has 2 aromatic rings. The SMILES string of the molecule is CCCN1CCc2c(sc(NC(=O)c3ccc(S(=O)(=O)N4CCCCCC4)cc3)c2C(=O)OCC)C1. The number of fused-ring (bicyclic) bond motifs is 1. The van der Waals surface area contributed by atoms with Crippen molar-refractivity contribution < 1.29 is 22.7 Å². The summed E-state index contributed by atoms with van der Waals surface area (Å²) in [5.74, 6) is -0.809. The minimum Gasteiger partial charge on any atom is -0.462 e. The molecule has 4 rings (SSSR count). The van der Waals surface area contributed by atoms with E-state index in [0.29, 0.717) is 29.2 Å². The molecular weight excluding hydrogens is 498 g/mol. The van der Waals surface area contributed by atoms with Crippen LogP contribution < -0.4 is 5.32 Å². The van der Waals surface area contributed by atoms with Crippen LogP contribution in [0.25, 0.3) is 0 Å². The van der Waals surface area contributed by atoms with Gasteiger partial charge in [0.25, 0.3) is 5.91 Å². The van der Waals surface area contributed by atoms with Gasteiger partial charge >= 0.3 is 5.97 Å². The van der Waals surface area contributed by atoms with Crippen molar-refractivity contribution >= 4 is 38.2 Å². The van der Waals surface area contributed by atoms with E-state index in [-0.39, 0.29) is 17.4 Å². The average Bonchev–Trinajstić information content (AvgIpc) is 3.02. The molecule has 8 nitrogen and oxygen atoms in total. The maximum absolute atomic E-state index is 13.1. The molecule has 1 aromatic heterocycles. The molecule has 0 saturated carbocycles. The van der Waals surface area contributed by atoms with Gasteiger partial charge in [0.15, 0.2) is 0 Å². The van der Waals surface area contributed by atoms with Crippen molar-refractivity contribution in [3.05, 3.63) is 45.8 Å². The molecule has 0 aliphatic carbocycles. The summed E-state index contributed by atoms with van der Waals surface area (Å²) in [5.41, 5.74) is 1.74. The molecule has 0 bridgehead atoms. The highest BCUT2D eigenvalue weighted by molar-refractivity contribution is 7.89. The highest BCUT2D eigenvalue weighted by Gasteiger charge is 2.30. The van der Waals surface area contributed by atoms with Gasteiger partial charge in [-0.05, 0) is 69.0 Å². The van der Waals surface area contributed by atoms with E-state index in [1.54, 1.807) is 11.2 Å². The molecule has 2 aliphatic heterocycles. The van der Waals surface area contributed by atoms with Crippen molar-refractivity contribution in [1.82, 2.24) is 9.21 Å². The first-order valence-electron chi connectivity index (χ1n) is 12.8. The number of thiophene rings is 1. The van der Waals surface area contributed by atoms with E-state index in [2.05, 4.69) is 17.1 Å². The first-order chi connectivity index (χ1) is 17.3. The second kappa shape index (κ2) is 11.9. The molecule has 2 aliphatic rings. The van der Waals surface area contributed by atoms with E-state index < -0.39 is 16.0 Å². The lowest BCUT2D eigenvalue weighted by atomic mass is 10.0. The van der Waals surface area contributed by atoms with Crippen LogP contribution >= 0.6 is 11.3 Å². The summed E-state index contributed by atoms with van der Waals surface area (Å²) >= 11 is 1.42. The highest BCUT2D eigenvalue weighted by atomic mass is 32.2. The monoisotopic (exact) mass is 533 g/mol. The number of hydrogen-bond acceptors (Lipinski definition) is 7. The van der Waals surface area contributed by atoms with Crippen LogP contribution in [0.2, 0.25) is 0 Å². The van der Waals surface area contributed by atoms with E-state index in [1.807, 2.05) is 0 Å². The van der Waals surface area contributed by atoms with Crippen LogP contribution in [0.3, 0.4) is 0 Å². The van der Waals surface area contributed by atoms with Crippen molar-refractivity contribution in [3.63, 3.8) is 0 Å². The van der Waals surface area contributed by atoms with Crippen molar-refractivity contribution in [2.75, 3.05) is 38.1 Å². The van der Waals surface area contributed by atoms with Crippen LogP contribution in [-0.4, -0.2) is 62.3 Å². The van der Waals surface area contributed by atoms with Crippen LogP contribution in [0.4, 0.5) is 5.00 Å². The van der Waals surface area contributed by atoms with Gasteiger partial charge < -0.3 is 10.1 Å². The number of carbonyl (C=O) groups excluding carboxylic acids is 2. The predicted molar refractivity (Wildman–Crippen MR) is 141 cm³/mol. The number of benzene rings is 1. The van der Waals surface area contributed by atoms with Crippen molar-refractivity contribution in [2.24, 2.45) is 0 Å². The molecular formula is C26H35N3O5S2. The van der Waals surface area contributed by atoms with Gasteiger partial charge in [0.05, 0.1) is 17.1 Å². The van der Waals surface area contributed by atoms with Crippen LogP contribution in [-0.2, 0) is 27.7 Å². The Bertz CT molecular complexity index is 1180. The van der Waals surface area contributed by atoms with E-state index in [9.17, 15) is 18.0 Å². The van der Waals surface area contributed by atoms with Gasteiger partial charge in [0.2, 0.25) is 10.0 Å². The Morgan fingerprint density at radius 1 is 1.03 bits per heavy atom. The number of sulfonamides is 1. The first-order valence-corrected chi connectivity index (χ1v) is 15.1. The molecule has 1 aromatic carbocycles. The first kappa shape index (κ1) is 26.8. The molecule has 1 N–H and O–H groups in total. The summed E-state index contributed by atoms with van der Waals surface area (Å²) in [6, 6.07) is 6.04. The molecule has 3 heterocycles. The molecule has 0 unspecified atom stereocenters. The molecule has 0 atom stereocenters. The molecule has 1 fully saturated rings. The van der Waals surface area contributed by atoms with Crippen LogP contribution in [0.1, 0.15) is 77.1 Å². The molecule has 196 valence electrons. The number of rotatable bonds is 8. The Balaban J connectivity index is 1.54. The largest absolute Gasteiger partial charge is 0.462 e. The number of nitrogens with zero attached hydrogens (tertiary/aromatic N) is 2. The third-order valence-electron chi connectivity index (χ3n) is 6.70. The van der Waals surface area contributed by atoms with Gasteiger partial charge in [-0.25, -0.2) is 13.2 Å². The van der Waals surface area contributed by atoms with Crippen LogP contribution in [0.5, 0.6) is 0 Å². The lowest BCUT2D eigenvalue weighted by Gasteiger charge is -2.26. The van der Waals surface area contributed by atoms with E-state index >= 15 is 0 Å². The Labute approximate surface area is 217 Å². The number of esters is 1. The number of nitrogens with one attached hydrogen (secondary N) is 1. The van der Waals surface area contributed by atoms with Crippen molar-refractivity contribution in [2.45, 2.75) is 63.8 Å². The standard InChI is InChI=1S/C26H35N3O5S2/c1-3-14-28-17-13-21-22(18-28)35-25(23(21)26(31)34-4-2)27-24(30)19-9-11-20(12-10-19)36(32,33)29-15-7-5-6-8-16-29/h9-12H,3-8,13-18H2,1-2H3,(H,27,30). The maximum atomic E-state index is 13.1. The fourth-order valence-corrected chi connectivity index (χ4v) is 7.65. The lowest BCUT2D eigenvalue weighted by molar-refractivity contribution is 0.0526. The molecule has 0 radical (unpaired) electrons. The van der Waals surface area contributed by atoms with Gasteiger partial charge in [0, 0.05) is 36.6 Å². The summed E-state index contributed by atoms with van der Waals surface area (Å²) in [6.45, 7) is 7.82. The van der Waals surface area contributed by atoms with Gasteiger partial charge in [0.1, 0.15) is 5.00 Å². The van der Waals surface area contributed by atoms with Crippen molar-refractivity contribution in [3.8, 4) is 0 Å². The summed E-state index contributed by atoms with van der Waals surface area (Å²) in [7, 11) is -3.59. The topological polar surface area (TPSA) is 96.0 Å². The van der Waals surface area contributed by atoms with Gasteiger partial charge in [-0.2, -0.15) is 4.31 Å². The average molecular weight is 534 g/mol. The number of anilines is 1. The number of carbonyl (C=O) groups is 2.